The summed E-state index contributed by atoms with van der Waals surface area (Å²) in [6, 6.07) is 26.6. The quantitative estimate of drug-likeness (QED) is 0.528. The van der Waals surface area contributed by atoms with Crippen LogP contribution >= 0.6 is 0 Å². The first kappa shape index (κ1) is 16.8. The van der Waals surface area contributed by atoms with Gasteiger partial charge in [-0.3, -0.25) is 4.79 Å². The second-order valence-corrected chi connectivity index (χ2v) is 7.33. The summed E-state index contributed by atoms with van der Waals surface area (Å²) in [4.78, 5) is 18.5. The lowest BCUT2D eigenvalue weighted by Gasteiger charge is -2.20. The average Bonchev–Trinajstić information content (AvgIpc) is 2.99. The first-order valence-electron chi connectivity index (χ1n) is 9.83. The van der Waals surface area contributed by atoms with Gasteiger partial charge in [-0.25, -0.2) is 0 Å². The van der Waals surface area contributed by atoms with Gasteiger partial charge >= 0.3 is 0 Å². The number of H-pyrrole nitrogens is 1. The van der Waals surface area contributed by atoms with Gasteiger partial charge < -0.3 is 9.88 Å². The molecule has 3 heteroatoms. The summed E-state index contributed by atoms with van der Waals surface area (Å²) in [5.41, 5.74) is 7.07. The topological polar surface area (TPSA) is 36.1 Å². The van der Waals surface area contributed by atoms with Gasteiger partial charge in [0.05, 0.1) is 5.52 Å². The van der Waals surface area contributed by atoms with E-state index in [2.05, 4.69) is 47.4 Å². The molecule has 1 aliphatic heterocycles. The molecule has 0 aliphatic carbocycles. The summed E-state index contributed by atoms with van der Waals surface area (Å²) in [5, 5.41) is 1.28. The molecule has 0 fully saturated rings. The zero-order valence-corrected chi connectivity index (χ0v) is 15.7. The molecule has 0 atom stereocenters. The molecule has 0 saturated carbocycles. The van der Waals surface area contributed by atoms with Gasteiger partial charge in [-0.05, 0) is 29.7 Å². The predicted octanol–water partition coefficient (Wildman–Crippen LogP) is 5.08. The molecule has 1 aromatic heterocycles. The third kappa shape index (κ3) is 2.89. The van der Waals surface area contributed by atoms with Crippen LogP contribution in [0.5, 0.6) is 0 Å². The summed E-state index contributed by atoms with van der Waals surface area (Å²) >= 11 is 0. The van der Waals surface area contributed by atoms with E-state index in [1.165, 1.54) is 33.3 Å². The molecule has 28 heavy (non-hydrogen) atoms. The molecule has 3 aromatic carbocycles. The summed E-state index contributed by atoms with van der Waals surface area (Å²) < 4.78 is 0. The van der Waals surface area contributed by atoms with E-state index in [0.717, 1.165) is 31.5 Å². The molecule has 1 amide bonds. The summed E-state index contributed by atoms with van der Waals surface area (Å²) in [6.45, 7) is 1.50. The van der Waals surface area contributed by atoms with Gasteiger partial charge in [0.1, 0.15) is 0 Å². The maximum Gasteiger partial charge on any atom is 0.253 e. The molecular formula is C25H22N2O. The summed E-state index contributed by atoms with van der Waals surface area (Å²) in [7, 11) is 0. The number of rotatable bonds is 2. The van der Waals surface area contributed by atoms with Crippen molar-refractivity contribution < 1.29 is 4.79 Å². The Morgan fingerprint density at radius 1 is 0.786 bits per heavy atom. The first-order valence-corrected chi connectivity index (χ1v) is 9.83. The number of aromatic nitrogens is 1. The van der Waals surface area contributed by atoms with Gasteiger partial charge in [0.2, 0.25) is 0 Å². The van der Waals surface area contributed by atoms with E-state index in [9.17, 15) is 4.79 Å². The lowest BCUT2D eigenvalue weighted by Crippen LogP contribution is -2.33. The van der Waals surface area contributed by atoms with Crippen LogP contribution in [-0.4, -0.2) is 28.9 Å². The van der Waals surface area contributed by atoms with E-state index in [1.807, 2.05) is 41.3 Å². The monoisotopic (exact) mass is 366 g/mol. The fourth-order valence-corrected chi connectivity index (χ4v) is 4.26. The number of fused-ring (bicyclic) bond motifs is 3. The molecule has 3 nitrogen and oxygen atoms in total. The van der Waals surface area contributed by atoms with Gasteiger partial charge in [0.15, 0.2) is 0 Å². The minimum Gasteiger partial charge on any atom is -0.358 e. The van der Waals surface area contributed by atoms with Crippen LogP contribution in [0, 0.1) is 0 Å². The molecule has 5 rings (SSSR count). The highest BCUT2D eigenvalue weighted by Gasteiger charge is 2.23. The molecule has 1 N–H and O–H groups in total. The molecule has 0 radical (unpaired) electrons. The van der Waals surface area contributed by atoms with Crippen molar-refractivity contribution >= 4 is 16.8 Å². The molecule has 138 valence electrons. The van der Waals surface area contributed by atoms with Crippen LogP contribution in [0.15, 0.2) is 78.9 Å². The Hall–Kier alpha value is -3.33. The zero-order chi connectivity index (χ0) is 18.9. The third-order valence-electron chi connectivity index (χ3n) is 5.69. The van der Waals surface area contributed by atoms with Crippen molar-refractivity contribution in [2.24, 2.45) is 0 Å². The maximum absolute atomic E-state index is 12.8. The Morgan fingerprint density at radius 3 is 2.29 bits per heavy atom. The standard InChI is InChI=1S/C25H22N2O/c28-25(19-10-5-2-6-11-19)27-16-14-21-22-13-7-12-20(18-8-3-1-4-9-18)24(22)26-23(21)15-17-27/h1-13,26H,14-17H2. The van der Waals surface area contributed by atoms with E-state index in [-0.39, 0.29) is 5.91 Å². The van der Waals surface area contributed by atoms with Crippen LogP contribution in [0.4, 0.5) is 0 Å². The van der Waals surface area contributed by atoms with E-state index in [4.69, 9.17) is 0 Å². The molecule has 0 saturated heterocycles. The SMILES string of the molecule is O=C(c1ccccc1)N1CCc2[nH]c3c(-c4ccccc4)cccc3c2CC1. The zero-order valence-electron chi connectivity index (χ0n) is 15.7. The minimum absolute atomic E-state index is 0.125. The Morgan fingerprint density at radius 2 is 1.50 bits per heavy atom. The number of carbonyl (C=O) groups excluding carboxylic acids is 1. The van der Waals surface area contributed by atoms with Gasteiger partial charge in [0, 0.05) is 41.7 Å². The van der Waals surface area contributed by atoms with Crippen LogP contribution in [0.25, 0.3) is 22.0 Å². The first-order chi connectivity index (χ1) is 13.8. The maximum atomic E-state index is 12.8. The van der Waals surface area contributed by atoms with Crippen molar-refractivity contribution in [3.8, 4) is 11.1 Å². The lowest BCUT2D eigenvalue weighted by atomic mass is 10.0. The smallest absolute Gasteiger partial charge is 0.253 e. The Bertz CT molecular complexity index is 1130. The fourth-order valence-electron chi connectivity index (χ4n) is 4.26. The average molecular weight is 366 g/mol. The van der Waals surface area contributed by atoms with Crippen LogP contribution in [-0.2, 0) is 12.8 Å². The van der Waals surface area contributed by atoms with Gasteiger partial charge in [0.25, 0.3) is 5.91 Å². The number of nitrogens with one attached hydrogen (secondary N) is 1. The van der Waals surface area contributed by atoms with E-state index in [1.54, 1.807) is 0 Å². The van der Waals surface area contributed by atoms with Crippen molar-refractivity contribution in [3.05, 3.63) is 95.7 Å². The normalized spacial score (nSPS) is 13.9. The van der Waals surface area contributed by atoms with Gasteiger partial charge in [-0.1, -0.05) is 66.7 Å². The summed E-state index contributed by atoms with van der Waals surface area (Å²) in [6.07, 6.45) is 1.74. The molecule has 0 spiro atoms. The molecule has 0 bridgehead atoms. The van der Waals surface area contributed by atoms with Crippen LogP contribution < -0.4 is 0 Å². The lowest BCUT2D eigenvalue weighted by molar-refractivity contribution is 0.0763. The Labute approximate surface area is 164 Å². The fraction of sp³-hybridized carbons (Fsp3) is 0.160. The predicted molar refractivity (Wildman–Crippen MR) is 113 cm³/mol. The van der Waals surface area contributed by atoms with Crippen molar-refractivity contribution in [2.45, 2.75) is 12.8 Å². The molecular weight excluding hydrogens is 344 g/mol. The number of amides is 1. The second-order valence-electron chi connectivity index (χ2n) is 7.33. The van der Waals surface area contributed by atoms with E-state index >= 15 is 0 Å². The number of hydrogen-bond acceptors (Lipinski definition) is 1. The van der Waals surface area contributed by atoms with Gasteiger partial charge in [-0.15, -0.1) is 0 Å². The van der Waals surface area contributed by atoms with Gasteiger partial charge in [-0.2, -0.15) is 0 Å². The van der Waals surface area contributed by atoms with Crippen molar-refractivity contribution in [2.75, 3.05) is 13.1 Å². The number of carbonyl (C=O) groups is 1. The Balaban J connectivity index is 1.47. The number of hydrogen-bond donors (Lipinski definition) is 1. The molecule has 1 aliphatic rings. The highest BCUT2D eigenvalue weighted by Crippen LogP contribution is 2.33. The number of nitrogens with zero attached hydrogens (tertiary/aromatic N) is 1. The molecule has 2 heterocycles. The van der Waals surface area contributed by atoms with Crippen LogP contribution in [0.1, 0.15) is 21.6 Å². The van der Waals surface area contributed by atoms with Crippen molar-refractivity contribution in [1.29, 1.82) is 0 Å². The Kier molecular flexibility index (Phi) is 4.21. The largest absolute Gasteiger partial charge is 0.358 e. The van der Waals surface area contributed by atoms with E-state index in [0.29, 0.717) is 0 Å². The highest BCUT2D eigenvalue weighted by atomic mass is 16.2. The number of aromatic amines is 1. The molecule has 4 aromatic rings. The van der Waals surface area contributed by atoms with E-state index < -0.39 is 0 Å². The second kappa shape index (κ2) is 7.01. The van der Waals surface area contributed by atoms with Crippen molar-refractivity contribution in [1.82, 2.24) is 9.88 Å². The number of benzene rings is 3. The minimum atomic E-state index is 0.125. The number of para-hydroxylation sites is 1. The van der Waals surface area contributed by atoms with Crippen LogP contribution in [0.3, 0.4) is 0 Å². The highest BCUT2D eigenvalue weighted by molar-refractivity contribution is 5.97. The summed E-state index contributed by atoms with van der Waals surface area (Å²) in [5.74, 6) is 0.125. The third-order valence-corrected chi connectivity index (χ3v) is 5.69. The van der Waals surface area contributed by atoms with Crippen LogP contribution in [0.2, 0.25) is 0 Å². The molecule has 0 unspecified atom stereocenters. The van der Waals surface area contributed by atoms with Crippen molar-refractivity contribution in [3.63, 3.8) is 0 Å².